The van der Waals surface area contributed by atoms with Gasteiger partial charge in [-0.05, 0) is 32.8 Å². The van der Waals surface area contributed by atoms with Crippen LogP contribution in [-0.4, -0.2) is 32.0 Å². The number of cyclic esters (lactones) is 1. The van der Waals surface area contributed by atoms with Crippen molar-refractivity contribution >= 4 is 17.0 Å². The molecule has 1 aliphatic heterocycles. The number of nitrogens with one attached hydrogen (secondary N) is 1. The third kappa shape index (κ3) is 3.49. The van der Waals surface area contributed by atoms with E-state index in [-0.39, 0.29) is 36.3 Å². The number of carbonyl (C=O) groups excluding carboxylic acids is 1. The number of nitrogens with zero attached hydrogens (tertiary/aromatic N) is 2. The number of fused-ring (bicyclic) bond motifs is 1. The number of alkyl halides is 2. The minimum Gasteiger partial charge on any atom is -0.459 e. The lowest BCUT2D eigenvalue weighted by atomic mass is 9.92. The van der Waals surface area contributed by atoms with Crippen LogP contribution in [0, 0.1) is 5.92 Å². The number of hydrogen-bond donors (Lipinski definition) is 1. The van der Waals surface area contributed by atoms with Crippen LogP contribution in [0.1, 0.15) is 57.8 Å². The van der Waals surface area contributed by atoms with Gasteiger partial charge in [0.15, 0.2) is 0 Å². The number of ether oxygens (including phenoxy) is 1. The highest BCUT2D eigenvalue weighted by Crippen LogP contribution is 2.39. The Bertz CT molecular complexity index is 937. The maximum absolute atomic E-state index is 13.5. The second kappa shape index (κ2) is 6.14. The average molecular weight is 379 g/mol. The molecule has 2 aromatic heterocycles. The monoisotopic (exact) mass is 379 g/mol. The van der Waals surface area contributed by atoms with Gasteiger partial charge in [0.2, 0.25) is 5.92 Å². The zero-order valence-corrected chi connectivity index (χ0v) is 15.4. The summed E-state index contributed by atoms with van der Waals surface area (Å²) in [6.07, 6.45) is 2.99. The van der Waals surface area contributed by atoms with Crippen LogP contribution in [0.25, 0.3) is 11.0 Å². The maximum Gasteiger partial charge on any atom is 0.310 e. The number of hydrogen-bond acceptors (Lipinski definition) is 4. The summed E-state index contributed by atoms with van der Waals surface area (Å²) in [4.78, 5) is 31.8. The summed E-state index contributed by atoms with van der Waals surface area (Å²) in [5.74, 6) is -2.82. The Morgan fingerprint density at radius 2 is 2.00 bits per heavy atom. The minimum atomic E-state index is -2.61. The van der Waals surface area contributed by atoms with Crippen LogP contribution in [0.15, 0.2) is 17.1 Å². The van der Waals surface area contributed by atoms with Gasteiger partial charge in [-0.1, -0.05) is 0 Å². The lowest BCUT2D eigenvalue weighted by molar-refractivity contribution is -0.148. The van der Waals surface area contributed by atoms with Gasteiger partial charge in [-0.25, -0.2) is 13.8 Å². The second-order valence-electron chi connectivity index (χ2n) is 8.35. The smallest absolute Gasteiger partial charge is 0.310 e. The van der Waals surface area contributed by atoms with Crippen molar-refractivity contribution in [3.8, 4) is 0 Å². The molecule has 27 heavy (non-hydrogen) atoms. The molecule has 1 atom stereocenters. The van der Waals surface area contributed by atoms with Gasteiger partial charge in [-0.15, -0.1) is 0 Å². The van der Waals surface area contributed by atoms with Gasteiger partial charge < -0.3 is 14.3 Å². The molecule has 2 aliphatic rings. The van der Waals surface area contributed by atoms with E-state index < -0.39 is 11.5 Å². The summed E-state index contributed by atoms with van der Waals surface area (Å²) in [5, 5.41) is 0.436. The van der Waals surface area contributed by atoms with Crippen LogP contribution in [0.4, 0.5) is 8.78 Å². The van der Waals surface area contributed by atoms with Gasteiger partial charge >= 0.3 is 5.97 Å². The number of rotatable bonds is 3. The van der Waals surface area contributed by atoms with Crippen LogP contribution in [0.5, 0.6) is 0 Å². The van der Waals surface area contributed by atoms with Crippen molar-refractivity contribution in [2.75, 3.05) is 0 Å². The molecule has 1 N–H and O–H groups in total. The lowest BCUT2D eigenvalue weighted by Crippen LogP contribution is -2.26. The first-order chi connectivity index (χ1) is 12.6. The average Bonchev–Trinajstić information content (AvgIpc) is 3.08. The van der Waals surface area contributed by atoms with E-state index in [4.69, 9.17) is 4.74 Å². The minimum absolute atomic E-state index is 0.0975. The number of esters is 1. The Morgan fingerprint density at radius 3 is 2.63 bits per heavy atom. The van der Waals surface area contributed by atoms with Crippen molar-refractivity contribution in [3.63, 3.8) is 0 Å². The Morgan fingerprint density at radius 1 is 1.30 bits per heavy atom. The van der Waals surface area contributed by atoms with Crippen molar-refractivity contribution in [3.05, 3.63) is 28.4 Å². The molecule has 2 aromatic rings. The van der Waals surface area contributed by atoms with Crippen LogP contribution < -0.4 is 5.56 Å². The Hall–Kier alpha value is -2.25. The molecule has 2 fully saturated rings. The molecule has 1 aliphatic carbocycles. The fraction of sp³-hybridized carbons (Fsp3) is 0.632. The molecule has 1 unspecified atom stereocenters. The van der Waals surface area contributed by atoms with Gasteiger partial charge in [0.25, 0.3) is 5.56 Å². The molecule has 0 aromatic carbocycles. The van der Waals surface area contributed by atoms with Crippen molar-refractivity contribution < 1.29 is 18.3 Å². The summed E-state index contributed by atoms with van der Waals surface area (Å²) < 4.78 is 34.1. The molecular weight excluding hydrogens is 356 g/mol. The van der Waals surface area contributed by atoms with Gasteiger partial charge in [0.05, 0.1) is 11.3 Å². The van der Waals surface area contributed by atoms with Crippen molar-refractivity contribution in [2.24, 2.45) is 5.92 Å². The van der Waals surface area contributed by atoms with Crippen LogP contribution in [0.3, 0.4) is 0 Å². The normalized spacial score (nSPS) is 25.0. The molecule has 1 saturated heterocycles. The molecule has 8 heteroatoms. The van der Waals surface area contributed by atoms with E-state index in [1.165, 1.54) is 0 Å². The van der Waals surface area contributed by atoms with E-state index in [0.29, 0.717) is 42.5 Å². The van der Waals surface area contributed by atoms with E-state index in [9.17, 15) is 18.4 Å². The summed E-state index contributed by atoms with van der Waals surface area (Å²) in [5.41, 5.74) is -0.297. The predicted octanol–water partition coefficient (Wildman–Crippen LogP) is 3.36. The van der Waals surface area contributed by atoms with E-state index in [0.717, 1.165) is 0 Å². The van der Waals surface area contributed by atoms with Gasteiger partial charge in [-0.3, -0.25) is 9.59 Å². The molecule has 6 nitrogen and oxygen atoms in total. The molecule has 3 heterocycles. The zero-order chi connectivity index (χ0) is 19.4. The topological polar surface area (TPSA) is 77.0 Å². The lowest BCUT2D eigenvalue weighted by Gasteiger charge is -2.29. The summed E-state index contributed by atoms with van der Waals surface area (Å²) >= 11 is 0. The Kier molecular flexibility index (Phi) is 4.12. The van der Waals surface area contributed by atoms with Gasteiger partial charge in [0.1, 0.15) is 17.1 Å². The van der Waals surface area contributed by atoms with Crippen molar-refractivity contribution in [2.45, 2.75) is 69.9 Å². The fourth-order valence-corrected chi connectivity index (χ4v) is 4.25. The van der Waals surface area contributed by atoms with Crippen molar-refractivity contribution in [1.29, 1.82) is 0 Å². The molecule has 146 valence electrons. The zero-order valence-electron chi connectivity index (χ0n) is 15.4. The first kappa shape index (κ1) is 18.1. The maximum atomic E-state index is 13.5. The third-order valence-electron chi connectivity index (χ3n) is 5.60. The number of aromatic amines is 1. The highest BCUT2D eigenvalue weighted by molar-refractivity contribution is 5.76. The van der Waals surface area contributed by atoms with E-state index in [2.05, 4.69) is 9.97 Å². The van der Waals surface area contributed by atoms with Crippen LogP contribution in [-0.2, 0) is 16.0 Å². The van der Waals surface area contributed by atoms with Crippen LogP contribution in [0.2, 0.25) is 0 Å². The molecule has 4 rings (SSSR count). The summed E-state index contributed by atoms with van der Waals surface area (Å²) in [6.45, 7) is 3.71. The Balaban J connectivity index is 1.63. The van der Waals surface area contributed by atoms with E-state index in [1.807, 2.05) is 18.4 Å². The first-order valence-corrected chi connectivity index (χ1v) is 9.34. The first-order valence-electron chi connectivity index (χ1n) is 9.34. The van der Waals surface area contributed by atoms with E-state index in [1.54, 1.807) is 12.3 Å². The number of H-pyrrole nitrogens is 1. The molecule has 0 radical (unpaired) electrons. The van der Waals surface area contributed by atoms with E-state index >= 15 is 0 Å². The molecule has 1 saturated carbocycles. The Labute approximate surface area is 154 Å². The summed E-state index contributed by atoms with van der Waals surface area (Å²) in [6, 6.07) is 1.57. The van der Waals surface area contributed by atoms with Gasteiger partial charge in [-0.2, -0.15) is 0 Å². The molecular formula is C19H23F2N3O3. The number of halogens is 2. The van der Waals surface area contributed by atoms with Crippen LogP contribution >= 0.6 is 0 Å². The standard InChI is InChI=1S/C19H23F2N3O3/c1-18(2)10-11(17(26)27-18)9-14-22-15-13(16(25)23-14)5-8-24(15)12-3-6-19(20,21)7-4-12/h5,8,11-12H,3-4,6-7,9-10H2,1-2H3,(H,22,23,25). The molecule has 0 bridgehead atoms. The summed E-state index contributed by atoms with van der Waals surface area (Å²) in [7, 11) is 0. The van der Waals surface area contributed by atoms with Gasteiger partial charge in [0, 0.05) is 37.9 Å². The fourth-order valence-electron chi connectivity index (χ4n) is 4.25. The second-order valence-corrected chi connectivity index (χ2v) is 8.35. The SMILES string of the molecule is CC1(C)CC(Cc2nc3c(ccn3C3CCC(F)(F)CC3)c(=O)[nH]2)C(=O)O1. The quantitative estimate of drug-likeness (QED) is 0.830. The highest BCUT2D eigenvalue weighted by Gasteiger charge is 2.40. The number of carbonyl (C=O) groups is 1. The number of aromatic nitrogens is 3. The molecule has 0 amide bonds. The van der Waals surface area contributed by atoms with Crippen molar-refractivity contribution in [1.82, 2.24) is 14.5 Å². The third-order valence-corrected chi connectivity index (χ3v) is 5.60. The predicted molar refractivity (Wildman–Crippen MR) is 94.8 cm³/mol. The molecule has 0 spiro atoms. The highest BCUT2D eigenvalue weighted by atomic mass is 19.3. The largest absolute Gasteiger partial charge is 0.459 e.